The molecular weight excluding hydrogens is 274 g/mol. The lowest BCUT2D eigenvalue weighted by Gasteiger charge is -2.04. The van der Waals surface area contributed by atoms with E-state index in [2.05, 4.69) is 10.6 Å². The molecule has 21 heavy (non-hydrogen) atoms. The largest absolute Gasteiger partial charge is 0.334 e. The summed E-state index contributed by atoms with van der Waals surface area (Å²) in [5.74, 6) is -0.682. The van der Waals surface area contributed by atoms with E-state index in [4.69, 9.17) is 0 Å². The van der Waals surface area contributed by atoms with E-state index in [1.807, 2.05) is 0 Å². The Labute approximate surface area is 121 Å². The van der Waals surface area contributed by atoms with E-state index in [1.54, 1.807) is 30.3 Å². The number of halogens is 2. The molecule has 2 amide bonds. The van der Waals surface area contributed by atoms with E-state index in [1.165, 1.54) is 30.5 Å². The molecule has 0 unspecified atom stereocenters. The predicted molar refractivity (Wildman–Crippen MR) is 77.2 cm³/mol. The molecule has 108 valence electrons. The summed E-state index contributed by atoms with van der Waals surface area (Å²) >= 11 is 0. The van der Waals surface area contributed by atoms with Gasteiger partial charge < -0.3 is 10.6 Å². The highest BCUT2D eigenvalue weighted by Crippen LogP contribution is 2.07. The Hall–Kier alpha value is -2.69. The van der Waals surface area contributed by atoms with Crippen LogP contribution in [0.2, 0.25) is 0 Å². The van der Waals surface area contributed by atoms with Crippen LogP contribution in [0.5, 0.6) is 0 Å². The lowest BCUT2D eigenvalue weighted by molar-refractivity contribution is 0.244. The van der Waals surface area contributed by atoms with Crippen molar-refractivity contribution >= 4 is 12.1 Å². The van der Waals surface area contributed by atoms with Crippen LogP contribution in [0.1, 0.15) is 11.1 Å². The van der Waals surface area contributed by atoms with Crippen LogP contribution in [0.3, 0.4) is 0 Å². The number of benzene rings is 2. The minimum absolute atomic E-state index is 0.277. The van der Waals surface area contributed by atoms with E-state index in [0.717, 1.165) is 5.56 Å². The molecular formula is C16H14F2N2O. The quantitative estimate of drug-likeness (QED) is 0.889. The average molecular weight is 288 g/mol. The maximum absolute atomic E-state index is 13.3. The zero-order valence-corrected chi connectivity index (χ0v) is 11.1. The number of hydrogen-bond donors (Lipinski definition) is 2. The van der Waals surface area contributed by atoms with Gasteiger partial charge in [0.05, 0.1) is 0 Å². The van der Waals surface area contributed by atoms with Gasteiger partial charge in [0.25, 0.3) is 0 Å². The molecule has 0 saturated heterocycles. The van der Waals surface area contributed by atoms with Crippen LogP contribution >= 0.6 is 0 Å². The second-order valence-electron chi connectivity index (χ2n) is 4.31. The van der Waals surface area contributed by atoms with Gasteiger partial charge in [-0.25, -0.2) is 13.6 Å². The van der Waals surface area contributed by atoms with Crippen LogP contribution in [0, 0.1) is 11.6 Å². The Bertz CT molecular complexity index is 639. The molecule has 5 heteroatoms. The molecule has 0 aliphatic carbocycles. The number of urea groups is 1. The summed E-state index contributed by atoms with van der Waals surface area (Å²) < 4.78 is 26.0. The Morgan fingerprint density at radius 2 is 1.76 bits per heavy atom. The highest BCUT2D eigenvalue weighted by Gasteiger charge is 1.99. The fourth-order valence-electron chi connectivity index (χ4n) is 1.65. The van der Waals surface area contributed by atoms with Crippen molar-refractivity contribution in [2.24, 2.45) is 0 Å². The molecule has 2 aromatic carbocycles. The standard InChI is InChI=1S/C16H14F2N2O/c17-14-7-5-12(6-8-14)11-20-16(21)19-10-9-13-3-1-2-4-15(13)18/h1-10H,11H2,(H2,19,20,21)/b10-9+. The number of rotatable bonds is 4. The molecule has 0 fully saturated rings. The second-order valence-corrected chi connectivity index (χ2v) is 4.31. The summed E-state index contributed by atoms with van der Waals surface area (Å²) in [6, 6.07) is 11.6. The first-order chi connectivity index (χ1) is 10.1. The van der Waals surface area contributed by atoms with Crippen molar-refractivity contribution in [3.05, 3.63) is 77.5 Å². The summed E-state index contributed by atoms with van der Waals surface area (Å²) in [4.78, 5) is 11.5. The molecule has 0 aliphatic heterocycles. The van der Waals surface area contributed by atoms with Crippen LogP contribution < -0.4 is 10.6 Å². The molecule has 2 rings (SSSR count). The minimum Gasteiger partial charge on any atom is -0.334 e. The first-order valence-electron chi connectivity index (χ1n) is 6.35. The third-order valence-electron chi connectivity index (χ3n) is 2.75. The Morgan fingerprint density at radius 3 is 2.48 bits per heavy atom. The van der Waals surface area contributed by atoms with Crippen molar-refractivity contribution in [3.8, 4) is 0 Å². The maximum Gasteiger partial charge on any atom is 0.319 e. The van der Waals surface area contributed by atoms with Gasteiger partial charge in [0.15, 0.2) is 0 Å². The first kappa shape index (κ1) is 14.7. The number of hydrogen-bond acceptors (Lipinski definition) is 1. The van der Waals surface area contributed by atoms with Crippen molar-refractivity contribution in [1.29, 1.82) is 0 Å². The maximum atomic E-state index is 13.3. The van der Waals surface area contributed by atoms with E-state index in [0.29, 0.717) is 5.56 Å². The SMILES string of the molecule is O=C(N/C=C/c1ccccc1F)NCc1ccc(F)cc1. The third kappa shape index (κ3) is 4.72. The number of amides is 2. The van der Waals surface area contributed by atoms with Gasteiger partial charge in [-0.05, 0) is 29.8 Å². The summed E-state index contributed by atoms with van der Waals surface area (Å²) in [6.07, 6.45) is 2.82. The van der Waals surface area contributed by atoms with E-state index < -0.39 is 6.03 Å². The van der Waals surface area contributed by atoms with Crippen molar-refractivity contribution < 1.29 is 13.6 Å². The molecule has 3 nitrogen and oxygen atoms in total. The van der Waals surface area contributed by atoms with Crippen molar-refractivity contribution in [2.45, 2.75) is 6.54 Å². The highest BCUT2D eigenvalue weighted by atomic mass is 19.1. The van der Waals surface area contributed by atoms with E-state index >= 15 is 0 Å². The van der Waals surface area contributed by atoms with Gasteiger partial charge >= 0.3 is 6.03 Å². The Kier molecular flexibility index (Phi) is 5.04. The lowest BCUT2D eigenvalue weighted by Crippen LogP contribution is -2.31. The van der Waals surface area contributed by atoms with Gasteiger partial charge in [-0.2, -0.15) is 0 Å². The Balaban J connectivity index is 1.80. The molecule has 0 spiro atoms. The fourth-order valence-corrected chi connectivity index (χ4v) is 1.65. The normalized spacial score (nSPS) is 10.6. The number of carbonyl (C=O) groups is 1. The molecule has 0 heterocycles. The molecule has 2 N–H and O–H groups in total. The first-order valence-corrected chi connectivity index (χ1v) is 6.35. The Morgan fingerprint density at radius 1 is 1.05 bits per heavy atom. The monoisotopic (exact) mass is 288 g/mol. The molecule has 0 atom stereocenters. The van der Waals surface area contributed by atoms with E-state index in [-0.39, 0.29) is 18.2 Å². The van der Waals surface area contributed by atoms with Gasteiger partial charge in [0.2, 0.25) is 0 Å². The third-order valence-corrected chi connectivity index (χ3v) is 2.75. The minimum atomic E-state index is -0.424. The lowest BCUT2D eigenvalue weighted by atomic mass is 10.2. The smallest absolute Gasteiger partial charge is 0.319 e. The zero-order valence-electron chi connectivity index (χ0n) is 11.1. The van der Waals surface area contributed by atoms with Gasteiger partial charge in [0, 0.05) is 18.3 Å². The van der Waals surface area contributed by atoms with Gasteiger partial charge in [-0.15, -0.1) is 0 Å². The molecule has 0 aromatic heterocycles. The molecule has 0 bridgehead atoms. The summed E-state index contributed by atoms with van der Waals surface area (Å²) in [6.45, 7) is 0.277. The highest BCUT2D eigenvalue weighted by molar-refractivity contribution is 5.75. The van der Waals surface area contributed by atoms with Crippen molar-refractivity contribution in [1.82, 2.24) is 10.6 Å². The molecule has 0 saturated carbocycles. The summed E-state index contributed by atoms with van der Waals surface area (Å²) in [5, 5.41) is 5.07. The predicted octanol–water partition coefficient (Wildman–Crippen LogP) is 3.43. The van der Waals surface area contributed by atoms with Gasteiger partial charge in [0.1, 0.15) is 11.6 Å². The van der Waals surface area contributed by atoms with Crippen LogP contribution in [0.4, 0.5) is 13.6 Å². The average Bonchev–Trinajstić information content (AvgIpc) is 2.49. The van der Waals surface area contributed by atoms with Crippen LogP contribution in [0.15, 0.2) is 54.7 Å². The van der Waals surface area contributed by atoms with Gasteiger partial charge in [-0.3, -0.25) is 0 Å². The van der Waals surface area contributed by atoms with Crippen LogP contribution in [0.25, 0.3) is 6.08 Å². The van der Waals surface area contributed by atoms with Crippen molar-refractivity contribution in [3.63, 3.8) is 0 Å². The fraction of sp³-hybridized carbons (Fsp3) is 0.0625. The van der Waals surface area contributed by atoms with Crippen molar-refractivity contribution in [2.75, 3.05) is 0 Å². The zero-order chi connectivity index (χ0) is 15.1. The number of carbonyl (C=O) groups excluding carboxylic acids is 1. The topological polar surface area (TPSA) is 41.1 Å². The van der Waals surface area contributed by atoms with E-state index in [9.17, 15) is 13.6 Å². The number of nitrogens with one attached hydrogen (secondary N) is 2. The second kappa shape index (κ2) is 7.19. The molecule has 2 aromatic rings. The van der Waals surface area contributed by atoms with Gasteiger partial charge in [-0.1, -0.05) is 30.3 Å². The summed E-state index contributed by atoms with van der Waals surface area (Å²) in [7, 11) is 0. The van der Waals surface area contributed by atoms with Crippen LogP contribution in [-0.2, 0) is 6.54 Å². The van der Waals surface area contributed by atoms with Crippen LogP contribution in [-0.4, -0.2) is 6.03 Å². The molecule has 0 aliphatic rings. The summed E-state index contributed by atoms with van der Waals surface area (Å²) in [5.41, 5.74) is 1.17. The molecule has 0 radical (unpaired) electrons.